The van der Waals surface area contributed by atoms with Crippen molar-refractivity contribution in [3.63, 3.8) is 0 Å². The van der Waals surface area contributed by atoms with Crippen molar-refractivity contribution in [2.75, 3.05) is 0 Å². The van der Waals surface area contributed by atoms with Gasteiger partial charge in [0.05, 0.1) is 0 Å². The van der Waals surface area contributed by atoms with Gasteiger partial charge in [0.2, 0.25) is 0 Å². The summed E-state index contributed by atoms with van der Waals surface area (Å²) < 4.78 is 10.8. The third-order valence-corrected chi connectivity index (χ3v) is 2.11. The molecule has 3 rings (SSSR count). The minimum atomic E-state index is 0.657. The van der Waals surface area contributed by atoms with Crippen molar-refractivity contribution >= 4 is 22.2 Å². The summed E-state index contributed by atoms with van der Waals surface area (Å²) in [5, 5.41) is 0. The fourth-order valence-electron chi connectivity index (χ4n) is 1.58. The van der Waals surface area contributed by atoms with Crippen LogP contribution in [0, 0.1) is 13.8 Å². The van der Waals surface area contributed by atoms with Gasteiger partial charge in [-0.3, -0.25) is 0 Å². The zero-order valence-electron chi connectivity index (χ0n) is 7.87. The lowest BCUT2D eigenvalue weighted by atomic mass is 10.3. The van der Waals surface area contributed by atoms with Crippen LogP contribution in [0.5, 0.6) is 0 Å². The third-order valence-electron chi connectivity index (χ3n) is 2.11. The van der Waals surface area contributed by atoms with E-state index in [-0.39, 0.29) is 0 Å². The van der Waals surface area contributed by atoms with Gasteiger partial charge in [-0.25, -0.2) is 9.97 Å². The predicted octanol–water partition coefficient (Wildman–Crippen LogP) is 2.59. The first-order valence-corrected chi connectivity index (χ1v) is 4.37. The number of aryl methyl sites for hydroxylation is 2. The normalized spacial score (nSPS) is 11.6. The zero-order chi connectivity index (χ0) is 9.71. The Hall–Kier alpha value is -1.84. The highest BCUT2D eigenvalue weighted by atomic mass is 16.4. The van der Waals surface area contributed by atoms with Crippen molar-refractivity contribution in [3.8, 4) is 0 Å². The van der Waals surface area contributed by atoms with E-state index in [1.165, 1.54) is 0 Å². The molecule has 70 valence electrons. The molecule has 0 aliphatic heterocycles. The molecule has 0 unspecified atom stereocenters. The van der Waals surface area contributed by atoms with Crippen LogP contribution in [0.25, 0.3) is 22.2 Å². The van der Waals surface area contributed by atoms with E-state index in [1.54, 1.807) is 0 Å². The SMILES string of the molecule is Cc1nc2cc3nc(C)oc3cc2o1. The molecule has 4 nitrogen and oxygen atoms in total. The number of benzene rings is 1. The van der Waals surface area contributed by atoms with Crippen LogP contribution in [0.1, 0.15) is 11.8 Å². The summed E-state index contributed by atoms with van der Waals surface area (Å²) in [6.45, 7) is 3.64. The van der Waals surface area contributed by atoms with Gasteiger partial charge < -0.3 is 8.83 Å². The summed E-state index contributed by atoms with van der Waals surface area (Å²) in [6, 6.07) is 3.70. The molecule has 0 N–H and O–H groups in total. The molecule has 0 atom stereocenters. The molecule has 2 aromatic heterocycles. The molecule has 1 aromatic carbocycles. The first-order chi connectivity index (χ1) is 6.72. The van der Waals surface area contributed by atoms with Crippen molar-refractivity contribution in [2.24, 2.45) is 0 Å². The zero-order valence-corrected chi connectivity index (χ0v) is 7.87. The highest BCUT2D eigenvalue weighted by Crippen LogP contribution is 2.23. The van der Waals surface area contributed by atoms with Gasteiger partial charge in [0, 0.05) is 19.9 Å². The van der Waals surface area contributed by atoms with Gasteiger partial charge in [0.25, 0.3) is 0 Å². The molecule has 0 spiro atoms. The molecule has 0 fully saturated rings. The Bertz CT molecular complexity index is 519. The van der Waals surface area contributed by atoms with Gasteiger partial charge >= 0.3 is 0 Å². The van der Waals surface area contributed by atoms with E-state index in [1.807, 2.05) is 26.0 Å². The number of nitrogens with zero attached hydrogens (tertiary/aromatic N) is 2. The van der Waals surface area contributed by atoms with Crippen LogP contribution in [-0.2, 0) is 0 Å². The smallest absolute Gasteiger partial charge is 0.192 e. The highest BCUT2D eigenvalue weighted by Gasteiger charge is 2.08. The van der Waals surface area contributed by atoms with E-state index in [9.17, 15) is 0 Å². The molecular formula is C10H8N2O2. The summed E-state index contributed by atoms with van der Waals surface area (Å²) in [7, 11) is 0. The molecule has 0 aliphatic rings. The van der Waals surface area contributed by atoms with E-state index in [0.29, 0.717) is 11.8 Å². The van der Waals surface area contributed by atoms with Crippen LogP contribution in [0.2, 0.25) is 0 Å². The summed E-state index contributed by atoms with van der Waals surface area (Å²) in [5.74, 6) is 1.31. The quantitative estimate of drug-likeness (QED) is 0.544. The average molecular weight is 188 g/mol. The molecule has 4 heteroatoms. The first-order valence-electron chi connectivity index (χ1n) is 4.37. The first kappa shape index (κ1) is 7.55. The van der Waals surface area contributed by atoms with E-state index >= 15 is 0 Å². The lowest BCUT2D eigenvalue weighted by molar-refractivity contribution is 0.552. The van der Waals surface area contributed by atoms with Crippen LogP contribution in [0.3, 0.4) is 0 Å². The molecule has 0 bridgehead atoms. The Labute approximate surface area is 79.6 Å². The van der Waals surface area contributed by atoms with Gasteiger partial charge in [-0.1, -0.05) is 0 Å². The van der Waals surface area contributed by atoms with Crippen molar-refractivity contribution < 1.29 is 8.83 Å². The van der Waals surface area contributed by atoms with E-state index in [4.69, 9.17) is 8.83 Å². The number of hydrogen-bond donors (Lipinski definition) is 0. The Kier molecular flexibility index (Phi) is 1.27. The van der Waals surface area contributed by atoms with Gasteiger partial charge in [-0.15, -0.1) is 0 Å². The minimum Gasteiger partial charge on any atom is -0.441 e. The van der Waals surface area contributed by atoms with E-state index in [0.717, 1.165) is 22.2 Å². The maximum atomic E-state index is 5.39. The second-order valence-corrected chi connectivity index (χ2v) is 3.25. The van der Waals surface area contributed by atoms with Crippen LogP contribution >= 0.6 is 0 Å². The fraction of sp³-hybridized carbons (Fsp3) is 0.200. The molecule has 14 heavy (non-hydrogen) atoms. The average Bonchev–Trinajstić information content (AvgIpc) is 2.59. The van der Waals surface area contributed by atoms with Gasteiger partial charge in [0.1, 0.15) is 11.0 Å². The number of oxazole rings is 2. The molecule has 0 radical (unpaired) electrons. The van der Waals surface area contributed by atoms with Gasteiger partial charge in [0.15, 0.2) is 22.9 Å². The van der Waals surface area contributed by atoms with E-state index < -0.39 is 0 Å². The van der Waals surface area contributed by atoms with Crippen molar-refractivity contribution in [1.82, 2.24) is 9.97 Å². The summed E-state index contributed by atoms with van der Waals surface area (Å²) in [4.78, 5) is 8.45. The molecule has 0 saturated carbocycles. The Morgan fingerprint density at radius 3 is 1.86 bits per heavy atom. The molecule has 3 aromatic rings. The molecule has 2 heterocycles. The fourth-order valence-corrected chi connectivity index (χ4v) is 1.58. The second-order valence-electron chi connectivity index (χ2n) is 3.25. The van der Waals surface area contributed by atoms with Gasteiger partial charge in [-0.2, -0.15) is 0 Å². The number of rotatable bonds is 0. The van der Waals surface area contributed by atoms with Gasteiger partial charge in [-0.05, 0) is 6.07 Å². The Balaban J connectivity index is 2.49. The summed E-state index contributed by atoms with van der Waals surface area (Å²) in [6.07, 6.45) is 0. The second kappa shape index (κ2) is 2.35. The number of aromatic nitrogens is 2. The Morgan fingerprint density at radius 1 is 0.857 bits per heavy atom. The highest BCUT2D eigenvalue weighted by molar-refractivity contribution is 5.88. The van der Waals surface area contributed by atoms with Crippen molar-refractivity contribution in [3.05, 3.63) is 23.9 Å². The van der Waals surface area contributed by atoms with Crippen LogP contribution in [-0.4, -0.2) is 9.97 Å². The van der Waals surface area contributed by atoms with Crippen LogP contribution in [0.15, 0.2) is 21.0 Å². The predicted molar refractivity (Wildman–Crippen MR) is 51.1 cm³/mol. The van der Waals surface area contributed by atoms with Crippen molar-refractivity contribution in [2.45, 2.75) is 13.8 Å². The molecular weight excluding hydrogens is 180 g/mol. The molecule has 0 amide bonds. The van der Waals surface area contributed by atoms with Crippen LogP contribution in [0.4, 0.5) is 0 Å². The topological polar surface area (TPSA) is 52.1 Å². The number of hydrogen-bond acceptors (Lipinski definition) is 4. The maximum absolute atomic E-state index is 5.39. The minimum absolute atomic E-state index is 0.657. The third kappa shape index (κ3) is 0.937. The summed E-state index contributed by atoms with van der Waals surface area (Å²) in [5.41, 5.74) is 3.13. The maximum Gasteiger partial charge on any atom is 0.192 e. The van der Waals surface area contributed by atoms with E-state index in [2.05, 4.69) is 9.97 Å². The number of fused-ring (bicyclic) bond motifs is 2. The summed E-state index contributed by atoms with van der Waals surface area (Å²) >= 11 is 0. The lowest BCUT2D eigenvalue weighted by Gasteiger charge is -1.84. The molecule has 0 saturated heterocycles. The monoisotopic (exact) mass is 188 g/mol. The Morgan fingerprint density at radius 2 is 1.36 bits per heavy atom. The lowest BCUT2D eigenvalue weighted by Crippen LogP contribution is -1.71. The van der Waals surface area contributed by atoms with Crippen LogP contribution < -0.4 is 0 Å². The van der Waals surface area contributed by atoms with Crippen molar-refractivity contribution in [1.29, 1.82) is 0 Å². The largest absolute Gasteiger partial charge is 0.441 e. The standard InChI is InChI=1S/C10H8N2O2/c1-5-11-7-3-8-10(4-9(7)13-5)14-6(2)12-8/h3-4H,1-2H3. The molecule has 0 aliphatic carbocycles.